The van der Waals surface area contributed by atoms with Crippen molar-refractivity contribution in [2.45, 2.75) is 77.8 Å². The number of benzene rings is 4. The maximum Gasteiger partial charge on any atom is 0.387 e. The Kier molecular flexibility index (Phi) is 27.1. The van der Waals surface area contributed by atoms with Crippen LogP contribution in [0.4, 0.5) is 40.8 Å². The minimum atomic E-state index is -2.87. The Hall–Kier alpha value is -8.42. The van der Waals surface area contributed by atoms with E-state index in [0.29, 0.717) is 58.5 Å². The van der Waals surface area contributed by atoms with Crippen LogP contribution in [-0.4, -0.2) is 102 Å². The van der Waals surface area contributed by atoms with Crippen molar-refractivity contribution in [3.63, 3.8) is 0 Å². The van der Waals surface area contributed by atoms with Crippen LogP contribution in [0.2, 0.25) is 0 Å². The average molecular weight is 1040 g/mol. The molecule has 75 heavy (non-hydrogen) atoms. The monoisotopic (exact) mass is 1040 g/mol. The molecule has 0 spiro atoms. The topological polar surface area (TPSA) is 255 Å². The highest BCUT2D eigenvalue weighted by Crippen LogP contribution is 2.27. The van der Waals surface area contributed by atoms with Gasteiger partial charge in [-0.15, -0.1) is 0 Å². The van der Waals surface area contributed by atoms with E-state index in [4.69, 9.17) is 15.9 Å². The summed E-state index contributed by atoms with van der Waals surface area (Å²) < 4.78 is 57.6. The predicted molar refractivity (Wildman–Crippen MR) is 276 cm³/mol. The van der Waals surface area contributed by atoms with Crippen molar-refractivity contribution in [3.05, 3.63) is 133 Å². The zero-order valence-corrected chi connectivity index (χ0v) is 41.3. The minimum Gasteiger partial charge on any atom is -0.481 e. The molecular formula is C55H57F4N7O9. The van der Waals surface area contributed by atoms with Crippen molar-refractivity contribution < 1.29 is 62.2 Å². The number of nitrogens with one attached hydrogen (secondary N) is 2. The summed E-state index contributed by atoms with van der Waals surface area (Å²) in [7, 11) is 0. The van der Waals surface area contributed by atoms with Crippen molar-refractivity contribution in [1.29, 1.82) is 0 Å². The SMILES string of the molecule is CC#CC#CC#CC.C[C@H](O)CCC(=O)[C@H](CO)c1ccc(Nc2ncc(-c3ccc(OC(F)F)cc3)cn2)cc1.C[C@H](O)CN.O=C(O)[C@H](CO)c1ccc(Nc2ncc(-c3ccc(OC(F)F)cc3)cn2)cc1. The van der Waals surface area contributed by atoms with Gasteiger partial charge in [0.05, 0.1) is 31.3 Å². The fourth-order valence-electron chi connectivity index (χ4n) is 6.03. The van der Waals surface area contributed by atoms with Gasteiger partial charge in [-0.3, -0.25) is 9.59 Å². The van der Waals surface area contributed by atoms with E-state index in [1.54, 1.807) is 125 Å². The quantitative estimate of drug-likeness (QED) is 0.0264. The first kappa shape index (κ1) is 60.9. The number of rotatable bonds is 20. The number of aliphatic hydroxyl groups is 4. The molecule has 0 saturated heterocycles. The van der Waals surface area contributed by atoms with Gasteiger partial charge in [-0.2, -0.15) is 17.6 Å². The number of ether oxygens (including phenoxy) is 2. The number of hydrogen-bond acceptors (Lipinski definition) is 15. The number of carbonyl (C=O) groups excluding carboxylic acids is 1. The number of halogens is 4. The normalized spacial score (nSPS) is 11.7. The molecular weight excluding hydrogens is 979 g/mol. The van der Waals surface area contributed by atoms with Gasteiger partial charge >= 0.3 is 19.2 Å². The molecule has 9 N–H and O–H groups in total. The fraction of sp³-hybridized carbons (Fsp3) is 0.273. The molecule has 394 valence electrons. The second-order valence-electron chi connectivity index (χ2n) is 15.6. The molecule has 4 atom stereocenters. The molecule has 0 aliphatic heterocycles. The van der Waals surface area contributed by atoms with Crippen molar-refractivity contribution in [3.8, 4) is 69.3 Å². The molecule has 6 aromatic rings. The number of aromatic nitrogens is 4. The van der Waals surface area contributed by atoms with E-state index in [1.165, 1.54) is 24.3 Å². The van der Waals surface area contributed by atoms with Crippen LogP contribution >= 0.6 is 0 Å². The molecule has 0 unspecified atom stereocenters. The summed E-state index contributed by atoms with van der Waals surface area (Å²) in [4.78, 5) is 40.4. The Bertz CT molecular complexity index is 2800. The minimum absolute atomic E-state index is 0.0673. The Morgan fingerprint density at radius 1 is 0.573 bits per heavy atom. The van der Waals surface area contributed by atoms with Gasteiger partial charge in [0.15, 0.2) is 0 Å². The van der Waals surface area contributed by atoms with E-state index in [0.717, 1.165) is 11.1 Å². The predicted octanol–water partition coefficient (Wildman–Crippen LogP) is 8.31. The summed E-state index contributed by atoms with van der Waals surface area (Å²) in [5.74, 6) is 13.5. The number of carboxylic acids is 1. The molecule has 0 fully saturated rings. The number of ketones is 1. The third-order valence-corrected chi connectivity index (χ3v) is 9.91. The fourth-order valence-corrected chi connectivity index (χ4v) is 6.03. The zero-order valence-electron chi connectivity index (χ0n) is 41.3. The van der Waals surface area contributed by atoms with Crippen LogP contribution in [0, 0.1) is 35.5 Å². The highest BCUT2D eigenvalue weighted by atomic mass is 19.3. The first-order valence-corrected chi connectivity index (χ1v) is 22.9. The zero-order chi connectivity index (χ0) is 55.1. The largest absolute Gasteiger partial charge is 0.481 e. The molecule has 0 bridgehead atoms. The van der Waals surface area contributed by atoms with Crippen LogP contribution in [0.3, 0.4) is 0 Å². The number of anilines is 4. The number of carboxylic acid groups (broad SMARTS) is 1. The smallest absolute Gasteiger partial charge is 0.387 e. The van der Waals surface area contributed by atoms with Crippen molar-refractivity contribution in [2.24, 2.45) is 5.73 Å². The van der Waals surface area contributed by atoms with Crippen molar-refractivity contribution in [1.82, 2.24) is 19.9 Å². The number of Topliss-reactive ketones (excluding diaryl/α,β-unsaturated/α-hetero) is 1. The van der Waals surface area contributed by atoms with Gasteiger partial charge in [0.2, 0.25) is 11.9 Å². The summed E-state index contributed by atoms with van der Waals surface area (Å²) in [5.41, 5.74) is 10.3. The lowest BCUT2D eigenvalue weighted by atomic mass is 9.92. The first-order chi connectivity index (χ1) is 36.0. The second kappa shape index (κ2) is 33.3. The molecule has 2 heterocycles. The number of aliphatic carboxylic acids is 1. The number of alkyl halides is 4. The number of nitrogens with zero attached hydrogens (tertiary/aromatic N) is 4. The molecule has 0 radical (unpaired) electrons. The molecule has 0 amide bonds. The summed E-state index contributed by atoms with van der Waals surface area (Å²) >= 11 is 0. The summed E-state index contributed by atoms with van der Waals surface area (Å²) in [5, 5.41) is 51.5. The lowest BCUT2D eigenvalue weighted by Gasteiger charge is -2.15. The van der Waals surface area contributed by atoms with Gasteiger partial charge < -0.3 is 51.4 Å². The maximum atomic E-state index is 12.3. The number of hydrogen-bond donors (Lipinski definition) is 8. The Morgan fingerprint density at radius 3 is 1.23 bits per heavy atom. The molecule has 0 aliphatic carbocycles. The van der Waals surface area contributed by atoms with E-state index < -0.39 is 43.7 Å². The van der Waals surface area contributed by atoms with Gasteiger partial charge in [-0.05, 0) is 129 Å². The van der Waals surface area contributed by atoms with Crippen molar-refractivity contribution >= 4 is 35.0 Å². The highest BCUT2D eigenvalue weighted by Gasteiger charge is 2.21. The third kappa shape index (κ3) is 22.9. The number of nitrogens with two attached hydrogens (primary N) is 1. The van der Waals surface area contributed by atoms with Gasteiger partial charge in [0.25, 0.3) is 0 Å². The van der Waals surface area contributed by atoms with Gasteiger partial charge in [-0.1, -0.05) is 60.4 Å². The molecule has 4 aromatic carbocycles. The summed E-state index contributed by atoms with van der Waals surface area (Å²) in [6.07, 6.45) is 6.03. The number of aliphatic hydroxyl groups excluding tert-OH is 4. The van der Waals surface area contributed by atoms with E-state index in [2.05, 4.69) is 75.6 Å². The molecule has 20 heteroatoms. The first-order valence-electron chi connectivity index (χ1n) is 22.9. The van der Waals surface area contributed by atoms with E-state index in [9.17, 15) is 42.5 Å². The molecule has 0 saturated carbocycles. The van der Waals surface area contributed by atoms with Crippen LogP contribution < -0.4 is 25.8 Å². The Labute approximate surface area is 432 Å². The standard InChI is InChI=1S/C24H25F2N3O4.C20H17F2N3O4.C8H6.C3H9NO/c1-15(31)2-11-22(32)21(14-30)17-3-7-19(8-4-17)29-24-27-12-18(13-28-24)16-5-9-20(10-6-16)33-23(25)26;21-19(22)29-16-7-3-12(4-8-16)14-9-23-20(24-10-14)25-15-5-1-13(2-6-15)17(11-26)18(27)28;1-3-5-7-8-6-4-2;1-3(5)2-4/h3-10,12-13,15,21,23,30-31H,2,11,14H2,1H3,(H,27,28,29);1-10,17,19,26H,11H2,(H,27,28)(H,23,24,25);1-2H3;3,5H,2,4H2,1H3/t15-,21+;17-;;3-/m01.0/s1. The van der Waals surface area contributed by atoms with Gasteiger partial charge in [0, 0.05) is 60.3 Å². The highest BCUT2D eigenvalue weighted by molar-refractivity contribution is 5.86. The van der Waals surface area contributed by atoms with Gasteiger partial charge in [-0.25, -0.2) is 19.9 Å². The van der Waals surface area contributed by atoms with Crippen LogP contribution in [0.25, 0.3) is 22.3 Å². The van der Waals surface area contributed by atoms with E-state index in [-0.39, 0.29) is 36.4 Å². The lowest BCUT2D eigenvalue weighted by molar-refractivity contribution is -0.139. The summed E-state index contributed by atoms with van der Waals surface area (Å²) in [6, 6.07) is 25.9. The average Bonchev–Trinajstić information content (AvgIpc) is 3.39. The van der Waals surface area contributed by atoms with E-state index >= 15 is 0 Å². The van der Waals surface area contributed by atoms with Crippen LogP contribution in [0.15, 0.2) is 122 Å². The maximum absolute atomic E-state index is 12.3. The molecule has 0 aliphatic rings. The lowest BCUT2D eigenvalue weighted by Crippen LogP contribution is -2.18. The Morgan fingerprint density at radius 2 is 0.933 bits per heavy atom. The number of carbonyl (C=O) groups is 2. The molecule has 16 nitrogen and oxygen atoms in total. The van der Waals surface area contributed by atoms with Crippen LogP contribution in [-0.2, 0) is 9.59 Å². The van der Waals surface area contributed by atoms with E-state index in [1.807, 2.05) is 0 Å². The molecule has 6 rings (SSSR count). The van der Waals surface area contributed by atoms with Crippen LogP contribution in [0.1, 0.15) is 63.5 Å². The van der Waals surface area contributed by atoms with Crippen LogP contribution in [0.5, 0.6) is 11.5 Å². The molecule has 2 aromatic heterocycles. The second-order valence-corrected chi connectivity index (χ2v) is 15.6. The summed E-state index contributed by atoms with van der Waals surface area (Å²) in [6.45, 7) is 0.596. The third-order valence-electron chi connectivity index (χ3n) is 9.91. The Balaban J connectivity index is 0.000000321. The van der Waals surface area contributed by atoms with Crippen molar-refractivity contribution in [2.75, 3.05) is 30.4 Å². The van der Waals surface area contributed by atoms with Gasteiger partial charge in [0.1, 0.15) is 23.2 Å².